The van der Waals surface area contributed by atoms with E-state index in [1.807, 2.05) is 30.3 Å². The Morgan fingerprint density at radius 1 is 1.47 bits per heavy atom. The smallest absolute Gasteiger partial charge is 0.163 e. The third kappa shape index (κ3) is 3.21. The van der Waals surface area contributed by atoms with E-state index in [1.54, 1.807) is 0 Å². The molecule has 1 aromatic rings. The summed E-state index contributed by atoms with van der Waals surface area (Å²) in [6.45, 7) is 4.19. The number of nitrogens with zero attached hydrogens (tertiary/aromatic N) is 1. The van der Waals surface area contributed by atoms with Gasteiger partial charge in [-0.2, -0.15) is 5.26 Å². The summed E-state index contributed by atoms with van der Waals surface area (Å²) in [5.41, 5.74) is 1.88. The van der Waals surface area contributed by atoms with Crippen LogP contribution in [0.5, 0.6) is 0 Å². The minimum Gasteiger partial charge on any atom is -0.294 e. The Bertz CT molecular complexity index is 388. The van der Waals surface area contributed by atoms with E-state index in [0.29, 0.717) is 18.8 Å². The Kier molecular flexibility index (Phi) is 4.05. The van der Waals surface area contributed by atoms with Crippen molar-refractivity contribution in [3.8, 4) is 6.07 Å². The van der Waals surface area contributed by atoms with E-state index in [9.17, 15) is 4.79 Å². The summed E-state index contributed by atoms with van der Waals surface area (Å²) >= 11 is 0. The standard InChI is InChI=1S/C13H15NO/c1-10(2)11-5-3-6-12(9-11)13(15)7-4-8-14/h3,5-6,9-10H,4,7H2,1-2H3. The number of Topliss-reactive ketones (excluding diaryl/α,β-unsaturated/α-hetero) is 1. The molecule has 0 aliphatic heterocycles. The highest BCUT2D eigenvalue weighted by molar-refractivity contribution is 5.96. The molecule has 0 aliphatic carbocycles. The maximum absolute atomic E-state index is 11.6. The topological polar surface area (TPSA) is 40.9 Å². The van der Waals surface area contributed by atoms with Crippen LogP contribution >= 0.6 is 0 Å². The van der Waals surface area contributed by atoms with Gasteiger partial charge in [-0.15, -0.1) is 0 Å². The van der Waals surface area contributed by atoms with E-state index >= 15 is 0 Å². The molecule has 0 amide bonds. The number of nitriles is 1. The molecule has 0 saturated carbocycles. The quantitative estimate of drug-likeness (QED) is 0.701. The molecule has 0 N–H and O–H groups in total. The third-order valence-electron chi connectivity index (χ3n) is 2.34. The van der Waals surface area contributed by atoms with E-state index in [2.05, 4.69) is 13.8 Å². The van der Waals surface area contributed by atoms with Crippen LogP contribution in [-0.2, 0) is 0 Å². The number of rotatable bonds is 4. The lowest BCUT2D eigenvalue weighted by Gasteiger charge is -2.06. The molecule has 0 radical (unpaired) electrons. The highest BCUT2D eigenvalue weighted by Gasteiger charge is 2.07. The number of hydrogen-bond acceptors (Lipinski definition) is 2. The fourth-order valence-electron chi connectivity index (χ4n) is 1.39. The zero-order valence-electron chi connectivity index (χ0n) is 9.16. The molecule has 0 bridgehead atoms. The summed E-state index contributed by atoms with van der Waals surface area (Å²) in [5, 5.41) is 8.40. The van der Waals surface area contributed by atoms with Gasteiger partial charge in [0.25, 0.3) is 0 Å². The van der Waals surface area contributed by atoms with Gasteiger partial charge in [-0.05, 0) is 17.5 Å². The van der Waals surface area contributed by atoms with Crippen LogP contribution in [0, 0.1) is 11.3 Å². The van der Waals surface area contributed by atoms with Crippen LogP contribution < -0.4 is 0 Å². The van der Waals surface area contributed by atoms with Gasteiger partial charge in [0.1, 0.15) is 0 Å². The van der Waals surface area contributed by atoms with Gasteiger partial charge in [-0.25, -0.2) is 0 Å². The maximum atomic E-state index is 11.6. The van der Waals surface area contributed by atoms with Crippen LogP contribution in [0.15, 0.2) is 24.3 Å². The van der Waals surface area contributed by atoms with Gasteiger partial charge in [-0.1, -0.05) is 32.0 Å². The van der Waals surface area contributed by atoms with Crippen molar-refractivity contribution in [3.05, 3.63) is 35.4 Å². The second-order valence-electron chi connectivity index (χ2n) is 3.86. The largest absolute Gasteiger partial charge is 0.294 e. The molecule has 2 heteroatoms. The Labute approximate surface area is 90.5 Å². The summed E-state index contributed by atoms with van der Waals surface area (Å²) in [6, 6.07) is 9.63. The van der Waals surface area contributed by atoms with Crippen LogP contribution in [0.1, 0.15) is 48.5 Å². The minimum absolute atomic E-state index is 0.0547. The van der Waals surface area contributed by atoms with E-state index in [-0.39, 0.29) is 5.78 Å². The molecule has 0 atom stereocenters. The number of hydrogen-bond donors (Lipinski definition) is 0. The first-order valence-electron chi connectivity index (χ1n) is 5.15. The Hall–Kier alpha value is -1.62. The van der Waals surface area contributed by atoms with Gasteiger partial charge >= 0.3 is 0 Å². The zero-order valence-corrected chi connectivity index (χ0v) is 9.16. The predicted molar refractivity (Wildman–Crippen MR) is 59.7 cm³/mol. The Morgan fingerprint density at radius 2 is 2.20 bits per heavy atom. The number of ketones is 1. The first-order chi connectivity index (χ1) is 7.15. The van der Waals surface area contributed by atoms with Crippen LogP contribution in [0.4, 0.5) is 0 Å². The summed E-state index contributed by atoms with van der Waals surface area (Å²) in [4.78, 5) is 11.6. The molecule has 0 saturated heterocycles. The van der Waals surface area contributed by atoms with E-state index in [1.165, 1.54) is 0 Å². The minimum atomic E-state index is 0.0547. The lowest BCUT2D eigenvalue weighted by atomic mass is 9.98. The first kappa shape index (κ1) is 11.5. The van der Waals surface area contributed by atoms with Gasteiger partial charge in [0.15, 0.2) is 5.78 Å². The maximum Gasteiger partial charge on any atom is 0.163 e. The van der Waals surface area contributed by atoms with Crippen LogP contribution in [0.25, 0.3) is 0 Å². The second-order valence-corrected chi connectivity index (χ2v) is 3.86. The molecule has 0 aliphatic rings. The molecule has 2 nitrogen and oxygen atoms in total. The van der Waals surface area contributed by atoms with E-state index in [4.69, 9.17) is 5.26 Å². The van der Waals surface area contributed by atoms with Gasteiger partial charge in [0.2, 0.25) is 0 Å². The number of carbonyl (C=O) groups excluding carboxylic acids is 1. The molecule has 0 fully saturated rings. The van der Waals surface area contributed by atoms with Crippen molar-refractivity contribution >= 4 is 5.78 Å². The van der Waals surface area contributed by atoms with Crippen LogP contribution in [0.2, 0.25) is 0 Å². The average Bonchev–Trinajstić information content (AvgIpc) is 2.26. The summed E-state index contributed by atoms with van der Waals surface area (Å²) in [6.07, 6.45) is 0.614. The molecular weight excluding hydrogens is 186 g/mol. The molecule has 78 valence electrons. The highest BCUT2D eigenvalue weighted by Crippen LogP contribution is 2.16. The second kappa shape index (κ2) is 5.31. The number of benzene rings is 1. The summed E-state index contributed by atoms with van der Waals surface area (Å²) < 4.78 is 0. The van der Waals surface area contributed by atoms with Crippen molar-refractivity contribution in [2.24, 2.45) is 0 Å². The predicted octanol–water partition coefficient (Wildman–Crippen LogP) is 3.30. The van der Waals surface area contributed by atoms with Gasteiger partial charge in [0, 0.05) is 18.4 Å². The van der Waals surface area contributed by atoms with Crippen molar-refractivity contribution in [2.45, 2.75) is 32.6 Å². The highest BCUT2D eigenvalue weighted by atomic mass is 16.1. The fourth-order valence-corrected chi connectivity index (χ4v) is 1.39. The Morgan fingerprint density at radius 3 is 2.80 bits per heavy atom. The van der Waals surface area contributed by atoms with Gasteiger partial charge < -0.3 is 0 Å². The van der Waals surface area contributed by atoms with Crippen molar-refractivity contribution in [1.29, 1.82) is 5.26 Å². The molecule has 0 spiro atoms. The molecule has 15 heavy (non-hydrogen) atoms. The molecular formula is C13H15NO. The summed E-state index contributed by atoms with van der Waals surface area (Å²) in [5.74, 6) is 0.479. The third-order valence-corrected chi connectivity index (χ3v) is 2.34. The summed E-state index contributed by atoms with van der Waals surface area (Å²) in [7, 11) is 0. The molecule has 0 heterocycles. The van der Waals surface area contributed by atoms with Crippen molar-refractivity contribution in [3.63, 3.8) is 0 Å². The van der Waals surface area contributed by atoms with Crippen molar-refractivity contribution in [2.75, 3.05) is 0 Å². The SMILES string of the molecule is CC(C)c1cccc(C(=O)CCC#N)c1. The number of carbonyl (C=O) groups is 1. The lowest BCUT2D eigenvalue weighted by molar-refractivity contribution is 0.0984. The molecule has 1 aromatic carbocycles. The van der Waals surface area contributed by atoms with Crippen molar-refractivity contribution in [1.82, 2.24) is 0 Å². The monoisotopic (exact) mass is 201 g/mol. The Balaban J connectivity index is 2.82. The van der Waals surface area contributed by atoms with E-state index < -0.39 is 0 Å². The normalized spacial score (nSPS) is 10.0. The average molecular weight is 201 g/mol. The molecule has 0 aromatic heterocycles. The fraction of sp³-hybridized carbons (Fsp3) is 0.385. The first-order valence-corrected chi connectivity index (χ1v) is 5.15. The van der Waals surface area contributed by atoms with Gasteiger partial charge in [0.05, 0.1) is 6.07 Å². The zero-order chi connectivity index (χ0) is 11.3. The lowest BCUT2D eigenvalue weighted by Crippen LogP contribution is -1.99. The van der Waals surface area contributed by atoms with E-state index in [0.717, 1.165) is 11.1 Å². The van der Waals surface area contributed by atoms with Crippen LogP contribution in [0.3, 0.4) is 0 Å². The van der Waals surface area contributed by atoms with Crippen molar-refractivity contribution < 1.29 is 4.79 Å². The van der Waals surface area contributed by atoms with Crippen LogP contribution in [-0.4, -0.2) is 5.78 Å². The molecule has 1 rings (SSSR count). The van der Waals surface area contributed by atoms with Gasteiger partial charge in [-0.3, -0.25) is 4.79 Å². The molecule has 0 unspecified atom stereocenters.